The number of unbranched alkanes of at least 4 members (excludes halogenated alkanes) is 1. The molecule has 1 atom stereocenters. The fourth-order valence-corrected chi connectivity index (χ4v) is 2.41. The number of hydrogen-bond acceptors (Lipinski definition) is 2. The van der Waals surface area contributed by atoms with Gasteiger partial charge in [-0.05, 0) is 31.6 Å². The molecule has 0 amide bonds. The Hall–Kier alpha value is -0.750. The molecule has 0 heterocycles. The second-order valence-corrected chi connectivity index (χ2v) is 5.02. The molecule has 0 radical (unpaired) electrons. The average Bonchev–Trinajstić information content (AvgIpc) is 2.36. The predicted octanol–water partition coefficient (Wildman–Crippen LogP) is 4.68. The number of hydrogen-bond donors (Lipinski definition) is 0. The van der Waals surface area contributed by atoms with Crippen molar-refractivity contribution in [2.75, 3.05) is 13.1 Å². The van der Waals surface area contributed by atoms with Crippen LogP contribution in [0.4, 0.5) is 0 Å². The Morgan fingerprint density at radius 3 is 2.56 bits per heavy atom. The third-order valence-electron chi connectivity index (χ3n) is 2.95. The third kappa shape index (κ3) is 3.88. The lowest BCUT2D eigenvalue weighted by molar-refractivity contribution is 0.245. The number of nitriles is 1. The van der Waals surface area contributed by atoms with Crippen LogP contribution in [-0.4, -0.2) is 18.0 Å². The van der Waals surface area contributed by atoms with Gasteiger partial charge in [0, 0.05) is 15.6 Å². The van der Waals surface area contributed by atoms with Crippen molar-refractivity contribution in [3.63, 3.8) is 0 Å². The van der Waals surface area contributed by atoms with Crippen LogP contribution in [-0.2, 0) is 0 Å². The van der Waals surface area contributed by atoms with Crippen molar-refractivity contribution < 1.29 is 0 Å². The molecule has 98 valence electrons. The van der Waals surface area contributed by atoms with E-state index in [1.165, 1.54) is 0 Å². The highest BCUT2D eigenvalue weighted by molar-refractivity contribution is 6.35. The minimum Gasteiger partial charge on any atom is -0.285 e. The maximum atomic E-state index is 9.39. The summed E-state index contributed by atoms with van der Waals surface area (Å²) in [7, 11) is 0. The Bertz CT molecular complexity index is 426. The highest BCUT2D eigenvalue weighted by Crippen LogP contribution is 2.29. The molecule has 0 saturated heterocycles. The number of halogens is 2. The second kappa shape index (κ2) is 7.63. The lowest BCUT2D eigenvalue weighted by Gasteiger charge is -2.26. The number of nitrogens with zero attached hydrogens (tertiary/aromatic N) is 2. The summed E-state index contributed by atoms with van der Waals surface area (Å²) in [5.74, 6) is 0. The van der Waals surface area contributed by atoms with Crippen molar-refractivity contribution in [2.45, 2.75) is 32.7 Å². The van der Waals surface area contributed by atoms with Crippen molar-refractivity contribution in [2.24, 2.45) is 0 Å². The van der Waals surface area contributed by atoms with Gasteiger partial charge in [0.1, 0.15) is 6.04 Å². The highest BCUT2D eigenvalue weighted by Gasteiger charge is 2.20. The van der Waals surface area contributed by atoms with Gasteiger partial charge in [0.2, 0.25) is 0 Å². The van der Waals surface area contributed by atoms with E-state index in [1.807, 2.05) is 6.07 Å². The first kappa shape index (κ1) is 15.3. The molecular formula is C14H18Cl2N2. The summed E-state index contributed by atoms with van der Waals surface area (Å²) < 4.78 is 0. The highest BCUT2D eigenvalue weighted by atomic mass is 35.5. The SMILES string of the molecule is CCCCN(CC)C(C#N)c1ccc(Cl)cc1Cl. The lowest BCUT2D eigenvalue weighted by Crippen LogP contribution is -2.29. The molecule has 2 nitrogen and oxygen atoms in total. The van der Waals surface area contributed by atoms with E-state index in [-0.39, 0.29) is 6.04 Å². The maximum Gasteiger partial charge on any atom is 0.125 e. The normalized spacial score (nSPS) is 12.4. The molecule has 0 aromatic heterocycles. The Morgan fingerprint density at radius 1 is 1.33 bits per heavy atom. The first-order chi connectivity index (χ1) is 8.63. The fourth-order valence-electron chi connectivity index (χ4n) is 1.90. The zero-order chi connectivity index (χ0) is 13.5. The minimum absolute atomic E-state index is 0.300. The monoisotopic (exact) mass is 284 g/mol. The van der Waals surface area contributed by atoms with Crippen LogP contribution in [0, 0.1) is 11.3 Å². The van der Waals surface area contributed by atoms with E-state index < -0.39 is 0 Å². The van der Waals surface area contributed by atoms with Gasteiger partial charge in [0.15, 0.2) is 0 Å². The summed E-state index contributed by atoms with van der Waals surface area (Å²) in [6.07, 6.45) is 2.19. The standard InChI is InChI=1S/C14H18Cl2N2/c1-3-5-8-18(4-2)14(10-17)12-7-6-11(15)9-13(12)16/h6-7,9,14H,3-5,8H2,1-2H3. The zero-order valence-electron chi connectivity index (χ0n) is 10.8. The molecule has 0 aliphatic rings. The molecule has 0 aliphatic carbocycles. The van der Waals surface area contributed by atoms with Gasteiger partial charge in [-0.1, -0.05) is 49.5 Å². The van der Waals surface area contributed by atoms with Crippen LogP contribution >= 0.6 is 23.2 Å². The molecular weight excluding hydrogens is 267 g/mol. The smallest absolute Gasteiger partial charge is 0.125 e. The second-order valence-electron chi connectivity index (χ2n) is 4.18. The van der Waals surface area contributed by atoms with Crippen molar-refractivity contribution >= 4 is 23.2 Å². The number of rotatable bonds is 6. The van der Waals surface area contributed by atoms with Gasteiger partial charge >= 0.3 is 0 Å². The van der Waals surface area contributed by atoms with Crippen LogP contribution in [0.2, 0.25) is 10.0 Å². The Kier molecular flexibility index (Phi) is 6.49. The van der Waals surface area contributed by atoms with Crippen LogP contribution in [0.5, 0.6) is 0 Å². The summed E-state index contributed by atoms with van der Waals surface area (Å²) in [4.78, 5) is 2.14. The zero-order valence-corrected chi connectivity index (χ0v) is 12.3. The van der Waals surface area contributed by atoms with Gasteiger partial charge in [-0.25, -0.2) is 0 Å². The van der Waals surface area contributed by atoms with Crippen LogP contribution in [0.25, 0.3) is 0 Å². The van der Waals surface area contributed by atoms with E-state index in [0.717, 1.165) is 31.5 Å². The summed E-state index contributed by atoms with van der Waals surface area (Å²) in [5, 5.41) is 10.5. The molecule has 1 unspecified atom stereocenters. The summed E-state index contributed by atoms with van der Waals surface area (Å²) in [6.45, 7) is 5.94. The quantitative estimate of drug-likeness (QED) is 0.758. The Morgan fingerprint density at radius 2 is 2.06 bits per heavy atom. The molecule has 1 aromatic rings. The van der Waals surface area contributed by atoms with Crippen LogP contribution in [0.1, 0.15) is 38.3 Å². The third-order valence-corrected chi connectivity index (χ3v) is 3.51. The number of benzene rings is 1. The molecule has 18 heavy (non-hydrogen) atoms. The van der Waals surface area contributed by atoms with E-state index in [2.05, 4.69) is 24.8 Å². The van der Waals surface area contributed by atoms with Gasteiger partial charge < -0.3 is 0 Å². The largest absolute Gasteiger partial charge is 0.285 e. The van der Waals surface area contributed by atoms with E-state index in [9.17, 15) is 5.26 Å². The van der Waals surface area contributed by atoms with E-state index in [1.54, 1.807) is 12.1 Å². The summed E-state index contributed by atoms with van der Waals surface area (Å²) in [5.41, 5.74) is 0.835. The lowest BCUT2D eigenvalue weighted by atomic mass is 10.1. The molecule has 4 heteroatoms. The Labute approximate surface area is 119 Å². The first-order valence-electron chi connectivity index (χ1n) is 6.22. The predicted molar refractivity (Wildman–Crippen MR) is 77.0 cm³/mol. The van der Waals surface area contributed by atoms with Gasteiger partial charge in [0.05, 0.1) is 6.07 Å². The summed E-state index contributed by atoms with van der Waals surface area (Å²) >= 11 is 12.1. The molecule has 0 saturated carbocycles. The molecule has 1 aromatic carbocycles. The van der Waals surface area contributed by atoms with Crippen molar-refractivity contribution in [1.82, 2.24) is 4.90 Å². The summed E-state index contributed by atoms with van der Waals surface area (Å²) in [6, 6.07) is 7.35. The van der Waals surface area contributed by atoms with Crippen molar-refractivity contribution in [3.8, 4) is 6.07 Å². The van der Waals surface area contributed by atoms with Gasteiger partial charge in [0.25, 0.3) is 0 Å². The fraction of sp³-hybridized carbons (Fsp3) is 0.500. The first-order valence-corrected chi connectivity index (χ1v) is 6.98. The van der Waals surface area contributed by atoms with E-state index in [0.29, 0.717) is 10.0 Å². The molecule has 0 fully saturated rings. The maximum absolute atomic E-state index is 9.39. The van der Waals surface area contributed by atoms with Crippen LogP contribution in [0.3, 0.4) is 0 Å². The van der Waals surface area contributed by atoms with E-state index >= 15 is 0 Å². The van der Waals surface area contributed by atoms with Gasteiger partial charge in [-0.15, -0.1) is 0 Å². The minimum atomic E-state index is -0.300. The Balaban J connectivity index is 2.97. The van der Waals surface area contributed by atoms with Crippen LogP contribution in [0.15, 0.2) is 18.2 Å². The topological polar surface area (TPSA) is 27.0 Å². The van der Waals surface area contributed by atoms with E-state index in [4.69, 9.17) is 23.2 Å². The molecule has 0 spiro atoms. The molecule has 0 aliphatic heterocycles. The molecule has 0 bridgehead atoms. The molecule has 1 rings (SSSR count). The van der Waals surface area contributed by atoms with Crippen LogP contribution < -0.4 is 0 Å². The average molecular weight is 285 g/mol. The van der Waals surface area contributed by atoms with Crippen molar-refractivity contribution in [1.29, 1.82) is 5.26 Å². The van der Waals surface area contributed by atoms with Gasteiger partial charge in [-0.2, -0.15) is 5.26 Å². The molecule has 0 N–H and O–H groups in total. The van der Waals surface area contributed by atoms with Crippen molar-refractivity contribution in [3.05, 3.63) is 33.8 Å². The van der Waals surface area contributed by atoms with Gasteiger partial charge in [-0.3, -0.25) is 4.90 Å².